The van der Waals surface area contributed by atoms with Gasteiger partial charge in [0.2, 0.25) is 0 Å². The molecule has 122 valence electrons. The van der Waals surface area contributed by atoms with Crippen molar-refractivity contribution in [3.05, 3.63) is 60.2 Å². The summed E-state index contributed by atoms with van der Waals surface area (Å²) in [6, 6.07) is 18.3. The zero-order valence-corrected chi connectivity index (χ0v) is 13.3. The number of hydrogen-bond acceptors (Lipinski definition) is 2. The Kier molecular flexibility index (Phi) is 12.7. The molecule has 4 heteroatoms. The van der Waals surface area contributed by atoms with Crippen molar-refractivity contribution in [3.63, 3.8) is 0 Å². The quantitative estimate of drug-likeness (QED) is 0.442. The molecular formula is C17H23FeNO2-6. The van der Waals surface area contributed by atoms with Crippen LogP contribution in [0, 0.1) is 0 Å². The zero-order chi connectivity index (χ0) is 14.5. The van der Waals surface area contributed by atoms with Crippen molar-refractivity contribution >= 4 is 5.97 Å². The van der Waals surface area contributed by atoms with Gasteiger partial charge >= 0.3 is 5.97 Å². The third kappa shape index (κ3) is 12.1. The summed E-state index contributed by atoms with van der Waals surface area (Å²) in [6.07, 6.45) is 3.12. The summed E-state index contributed by atoms with van der Waals surface area (Å²) in [5.41, 5.74) is 1.31. The molecule has 3 nitrogen and oxygen atoms in total. The van der Waals surface area contributed by atoms with Gasteiger partial charge < -0.3 is 40.8 Å². The van der Waals surface area contributed by atoms with Gasteiger partial charge in [0.05, 0.1) is 0 Å². The minimum atomic E-state index is -0.695. The largest absolute Gasteiger partial charge is 0.748 e. The number of carboxylic acid groups (broad SMARTS) is 1. The van der Waals surface area contributed by atoms with Crippen LogP contribution in [-0.2, 0) is 28.4 Å². The number of rotatable bonds is 8. The van der Waals surface area contributed by atoms with Crippen LogP contribution in [0.15, 0.2) is 54.6 Å². The Bertz CT molecular complexity index is 406. The first-order valence-corrected chi connectivity index (χ1v) is 7.09. The number of unbranched alkanes of at least 4 members (excludes halogenated alkanes) is 2. The maximum atomic E-state index is 10.2. The van der Waals surface area contributed by atoms with E-state index in [-0.39, 0.29) is 17.1 Å². The van der Waals surface area contributed by atoms with E-state index in [1.54, 1.807) is 0 Å². The molecule has 0 saturated carbocycles. The summed E-state index contributed by atoms with van der Waals surface area (Å²) in [5, 5.41) is 11.8. The molecule has 0 fully saturated rings. The SMILES string of the molecule is O=C(O)CCCCCNC[c-]1cccc1.[Fe].[cH-]1[cH-][cH-][cH-][cH-]1. The fourth-order valence-electron chi connectivity index (χ4n) is 1.79. The average Bonchev–Trinajstić information content (AvgIpc) is 3.13. The number of hydrogen-bond donors (Lipinski definition) is 2. The Morgan fingerprint density at radius 2 is 1.57 bits per heavy atom. The molecule has 0 aliphatic rings. The van der Waals surface area contributed by atoms with Crippen LogP contribution in [0.4, 0.5) is 0 Å². The minimum absolute atomic E-state index is 0. The van der Waals surface area contributed by atoms with Crippen LogP contribution >= 0.6 is 0 Å². The van der Waals surface area contributed by atoms with Gasteiger partial charge in [-0.3, -0.25) is 4.79 Å². The van der Waals surface area contributed by atoms with E-state index in [9.17, 15) is 4.79 Å². The summed E-state index contributed by atoms with van der Waals surface area (Å²) in [4.78, 5) is 10.2. The number of aliphatic carboxylic acids is 1. The van der Waals surface area contributed by atoms with E-state index in [4.69, 9.17) is 5.11 Å². The van der Waals surface area contributed by atoms with Crippen LogP contribution in [0.25, 0.3) is 0 Å². The molecule has 0 aromatic heterocycles. The monoisotopic (exact) mass is 329 g/mol. The first-order chi connectivity index (χ1) is 9.79. The third-order valence-corrected chi connectivity index (χ3v) is 2.86. The summed E-state index contributed by atoms with van der Waals surface area (Å²) in [6.45, 7) is 1.87. The third-order valence-electron chi connectivity index (χ3n) is 2.86. The molecule has 2 rings (SSSR count). The summed E-state index contributed by atoms with van der Waals surface area (Å²) < 4.78 is 0. The number of nitrogens with one attached hydrogen (secondary N) is 1. The molecular weight excluding hydrogens is 306 g/mol. The van der Waals surface area contributed by atoms with Crippen molar-refractivity contribution in [2.75, 3.05) is 6.54 Å². The fourth-order valence-corrected chi connectivity index (χ4v) is 1.79. The first-order valence-electron chi connectivity index (χ1n) is 7.09. The maximum Gasteiger partial charge on any atom is 0.303 e. The Labute approximate surface area is 137 Å². The molecule has 0 radical (unpaired) electrons. The topological polar surface area (TPSA) is 49.3 Å². The van der Waals surface area contributed by atoms with Gasteiger partial charge in [-0.2, -0.15) is 12.1 Å². The molecule has 0 amide bonds. The van der Waals surface area contributed by atoms with Crippen molar-refractivity contribution in [1.82, 2.24) is 5.32 Å². The van der Waals surface area contributed by atoms with Gasteiger partial charge in [-0.25, -0.2) is 12.1 Å². The molecule has 0 atom stereocenters. The molecule has 0 heterocycles. The smallest absolute Gasteiger partial charge is 0.303 e. The van der Waals surface area contributed by atoms with E-state index in [1.807, 2.05) is 42.5 Å². The van der Waals surface area contributed by atoms with Crippen LogP contribution in [0.3, 0.4) is 0 Å². The van der Waals surface area contributed by atoms with Crippen molar-refractivity contribution in [2.24, 2.45) is 0 Å². The predicted molar refractivity (Wildman–Crippen MR) is 81.9 cm³/mol. The predicted octanol–water partition coefficient (Wildman–Crippen LogP) is 3.54. The molecule has 0 aliphatic carbocycles. The number of carbonyl (C=O) groups is 1. The molecule has 0 unspecified atom stereocenters. The Morgan fingerprint density at radius 3 is 2.10 bits per heavy atom. The standard InChI is InChI=1S/C12H18NO2.C5H5.Fe/c14-12(15)8-2-1-5-9-13-10-11-6-3-4-7-11;1-2-4-5-3-1;/h3-4,6-7,13H,1-2,5,8-10H2,(H,14,15);1-5H;/q-1;-5;. The van der Waals surface area contributed by atoms with E-state index >= 15 is 0 Å². The second-order valence-electron chi connectivity index (χ2n) is 4.64. The van der Waals surface area contributed by atoms with Crippen molar-refractivity contribution in [3.8, 4) is 0 Å². The van der Waals surface area contributed by atoms with Crippen LogP contribution in [0.1, 0.15) is 31.2 Å². The Balaban J connectivity index is 0.000000562. The molecule has 2 aromatic rings. The summed E-state index contributed by atoms with van der Waals surface area (Å²) in [5.74, 6) is -0.695. The first kappa shape index (κ1) is 19.6. The summed E-state index contributed by atoms with van der Waals surface area (Å²) >= 11 is 0. The van der Waals surface area contributed by atoms with E-state index in [2.05, 4.69) is 17.4 Å². The molecule has 21 heavy (non-hydrogen) atoms. The van der Waals surface area contributed by atoms with Gasteiger partial charge in [0.15, 0.2) is 0 Å². The average molecular weight is 329 g/mol. The molecule has 2 aromatic carbocycles. The van der Waals surface area contributed by atoms with Gasteiger partial charge in [-0.1, -0.05) is 6.42 Å². The van der Waals surface area contributed by atoms with E-state index in [0.717, 1.165) is 32.4 Å². The van der Waals surface area contributed by atoms with Crippen molar-refractivity contribution in [2.45, 2.75) is 32.2 Å². The van der Waals surface area contributed by atoms with E-state index in [1.165, 1.54) is 5.56 Å². The Morgan fingerprint density at radius 1 is 1.00 bits per heavy atom. The normalized spacial score (nSPS) is 9.33. The second-order valence-corrected chi connectivity index (χ2v) is 4.64. The van der Waals surface area contributed by atoms with Gasteiger partial charge in [-0.05, 0) is 25.9 Å². The molecule has 0 aliphatic heterocycles. The van der Waals surface area contributed by atoms with Crippen LogP contribution in [-0.4, -0.2) is 17.6 Å². The molecule has 0 saturated heterocycles. The second kappa shape index (κ2) is 13.6. The van der Waals surface area contributed by atoms with Gasteiger partial charge in [0.25, 0.3) is 0 Å². The van der Waals surface area contributed by atoms with Gasteiger partial charge in [0.1, 0.15) is 0 Å². The summed E-state index contributed by atoms with van der Waals surface area (Å²) in [7, 11) is 0. The van der Waals surface area contributed by atoms with E-state index < -0.39 is 5.97 Å². The number of carboxylic acids is 1. The Hall–Kier alpha value is -1.35. The van der Waals surface area contributed by atoms with Gasteiger partial charge in [0, 0.05) is 23.5 Å². The van der Waals surface area contributed by atoms with Gasteiger partial charge in [-0.15, -0.1) is 5.56 Å². The molecule has 2 N–H and O–H groups in total. The van der Waals surface area contributed by atoms with Crippen LogP contribution in [0.2, 0.25) is 0 Å². The zero-order valence-electron chi connectivity index (χ0n) is 12.1. The minimum Gasteiger partial charge on any atom is -0.748 e. The van der Waals surface area contributed by atoms with Crippen LogP contribution < -0.4 is 5.32 Å². The molecule has 0 spiro atoms. The molecule has 0 bridgehead atoms. The fraction of sp³-hybridized carbons (Fsp3) is 0.353. The van der Waals surface area contributed by atoms with Crippen molar-refractivity contribution in [1.29, 1.82) is 0 Å². The van der Waals surface area contributed by atoms with Crippen molar-refractivity contribution < 1.29 is 27.0 Å². The van der Waals surface area contributed by atoms with E-state index in [0.29, 0.717) is 6.42 Å². The van der Waals surface area contributed by atoms with Crippen LogP contribution in [0.5, 0.6) is 0 Å². The maximum absolute atomic E-state index is 10.2.